The molecule has 12 heteroatoms. The Balaban J connectivity index is 1.78. The number of sulfone groups is 1. The Hall–Kier alpha value is -4.42. The van der Waals surface area contributed by atoms with Gasteiger partial charge >= 0.3 is 6.09 Å². The van der Waals surface area contributed by atoms with E-state index in [-0.39, 0.29) is 11.5 Å². The molecule has 0 aliphatic heterocycles. The number of rotatable bonds is 13. The van der Waals surface area contributed by atoms with Crippen LogP contribution < -0.4 is 20.9 Å². The van der Waals surface area contributed by atoms with Crippen LogP contribution in [0.25, 0.3) is 0 Å². The summed E-state index contributed by atoms with van der Waals surface area (Å²) < 4.78 is 38.5. The molecule has 0 aliphatic carbocycles. The van der Waals surface area contributed by atoms with Crippen LogP contribution in [0.3, 0.4) is 0 Å². The monoisotopic (exact) mass is 625 g/mol. The Bertz CT molecular complexity index is 1490. The summed E-state index contributed by atoms with van der Waals surface area (Å²) in [6.45, 7) is 8.46. The Morgan fingerprint density at radius 2 is 1.36 bits per heavy atom. The minimum absolute atomic E-state index is 0.0198. The second-order valence-corrected chi connectivity index (χ2v) is 13.4. The molecule has 44 heavy (non-hydrogen) atoms. The maximum absolute atomic E-state index is 13.8. The molecule has 0 saturated heterocycles. The van der Waals surface area contributed by atoms with Gasteiger partial charge in [0.2, 0.25) is 11.8 Å². The number of nitrogens with one attached hydrogen (secondary N) is 3. The van der Waals surface area contributed by atoms with Crippen molar-refractivity contribution in [3.8, 4) is 11.5 Å². The molecule has 0 fully saturated rings. The quantitative estimate of drug-likeness (QED) is 0.228. The number of hydrogen-bond acceptors (Lipinski definition) is 8. The Kier molecular flexibility index (Phi) is 11.9. The number of carbonyl (C=O) groups is 3. The maximum Gasteiger partial charge on any atom is 0.408 e. The highest BCUT2D eigenvalue weighted by Crippen LogP contribution is 2.25. The van der Waals surface area contributed by atoms with Crippen LogP contribution in [-0.4, -0.2) is 43.3 Å². The molecule has 3 N–H and O–H groups in total. The summed E-state index contributed by atoms with van der Waals surface area (Å²) in [5.74, 6) is -1.06. The van der Waals surface area contributed by atoms with Gasteiger partial charge in [-0.05, 0) is 68.7 Å². The molecule has 3 aromatic rings. The molecular formula is C32H39N3O8S. The highest BCUT2D eigenvalue weighted by Gasteiger charge is 2.35. The maximum atomic E-state index is 13.8. The third kappa shape index (κ3) is 10.7. The standard InChI is InChI=1S/C32H39N3O8S/c1-22(2)29(34-31(38)41-21-23-12-8-6-9-13-23)30(37)33-28(20-27(36)35-43-32(3,4)5)44(39,40)26-18-16-25(17-19-26)42-24-14-10-7-11-15-24/h6-19,22,28-29H,20-21H2,1-5H3,(H,33,37)(H,34,38)(H,35,36)/t28-,29+/m1/s1. The molecule has 11 nitrogen and oxygen atoms in total. The van der Waals surface area contributed by atoms with Crippen molar-refractivity contribution in [3.05, 3.63) is 90.5 Å². The summed E-state index contributed by atoms with van der Waals surface area (Å²) in [5.41, 5.74) is 2.25. The molecule has 0 aliphatic rings. The van der Waals surface area contributed by atoms with E-state index >= 15 is 0 Å². The van der Waals surface area contributed by atoms with E-state index in [1.54, 1.807) is 83.1 Å². The van der Waals surface area contributed by atoms with Crippen LogP contribution in [0.15, 0.2) is 89.8 Å². The first-order valence-corrected chi connectivity index (χ1v) is 15.6. The van der Waals surface area contributed by atoms with Gasteiger partial charge in [-0.2, -0.15) is 0 Å². The summed E-state index contributed by atoms with van der Waals surface area (Å²) in [4.78, 5) is 43.8. The molecule has 3 amide bonds. The summed E-state index contributed by atoms with van der Waals surface area (Å²) in [7, 11) is -4.32. The molecule has 236 valence electrons. The topological polar surface area (TPSA) is 149 Å². The van der Waals surface area contributed by atoms with E-state index in [0.29, 0.717) is 11.5 Å². The minimum atomic E-state index is -4.32. The molecule has 2 atom stereocenters. The smallest absolute Gasteiger partial charge is 0.408 e. The molecular weight excluding hydrogens is 586 g/mol. The van der Waals surface area contributed by atoms with E-state index in [1.165, 1.54) is 24.3 Å². The molecule has 3 rings (SSSR count). The minimum Gasteiger partial charge on any atom is -0.457 e. The number of ether oxygens (including phenoxy) is 2. The van der Waals surface area contributed by atoms with Crippen molar-refractivity contribution in [2.24, 2.45) is 5.92 Å². The summed E-state index contributed by atoms with van der Waals surface area (Å²) in [5, 5.41) is 3.26. The van der Waals surface area contributed by atoms with Gasteiger partial charge in [0.15, 0.2) is 9.84 Å². The second kappa shape index (κ2) is 15.3. The lowest BCUT2D eigenvalue weighted by molar-refractivity contribution is -0.145. The van der Waals surface area contributed by atoms with E-state index < -0.39 is 57.1 Å². The zero-order valence-electron chi connectivity index (χ0n) is 25.4. The lowest BCUT2D eigenvalue weighted by Crippen LogP contribution is -2.54. The van der Waals surface area contributed by atoms with Crippen molar-refractivity contribution >= 4 is 27.7 Å². The largest absolute Gasteiger partial charge is 0.457 e. The van der Waals surface area contributed by atoms with E-state index in [0.717, 1.165) is 5.56 Å². The van der Waals surface area contributed by atoms with Crippen molar-refractivity contribution in [3.63, 3.8) is 0 Å². The number of carbonyl (C=O) groups excluding carboxylic acids is 3. The molecule has 0 unspecified atom stereocenters. The number of hydroxylamine groups is 1. The molecule has 0 spiro atoms. The van der Waals surface area contributed by atoms with Gasteiger partial charge in [-0.25, -0.2) is 18.7 Å². The van der Waals surface area contributed by atoms with Gasteiger partial charge < -0.3 is 20.1 Å². The highest BCUT2D eigenvalue weighted by molar-refractivity contribution is 7.92. The Labute approximate surface area is 258 Å². The fourth-order valence-corrected chi connectivity index (χ4v) is 5.31. The summed E-state index contributed by atoms with van der Waals surface area (Å²) >= 11 is 0. The summed E-state index contributed by atoms with van der Waals surface area (Å²) in [6, 6.07) is 22.4. The zero-order valence-corrected chi connectivity index (χ0v) is 26.2. The first-order chi connectivity index (χ1) is 20.7. The predicted octanol–water partition coefficient (Wildman–Crippen LogP) is 4.88. The van der Waals surface area contributed by atoms with Gasteiger partial charge in [-0.15, -0.1) is 0 Å². The van der Waals surface area contributed by atoms with Gasteiger partial charge in [0.05, 0.1) is 16.9 Å². The van der Waals surface area contributed by atoms with Crippen LogP contribution in [0, 0.1) is 5.92 Å². The second-order valence-electron chi connectivity index (χ2n) is 11.3. The number of hydrogen-bond donors (Lipinski definition) is 3. The normalized spacial score (nSPS) is 13.0. The van der Waals surface area contributed by atoms with Gasteiger partial charge in [0.1, 0.15) is 29.5 Å². The molecule has 0 radical (unpaired) electrons. The predicted molar refractivity (Wildman–Crippen MR) is 164 cm³/mol. The van der Waals surface area contributed by atoms with Crippen LogP contribution >= 0.6 is 0 Å². The van der Waals surface area contributed by atoms with Crippen LogP contribution in [0.5, 0.6) is 11.5 Å². The summed E-state index contributed by atoms with van der Waals surface area (Å²) in [6.07, 6.45) is -1.51. The molecule has 0 bridgehead atoms. The van der Waals surface area contributed by atoms with Crippen molar-refractivity contribution in [1.82, 2.24) is 16.1 Å². The van der Waals surface area contributed by atoms with Gasteiger partial charge in [0.25, 0.3) is 0 Å². The van der Waals surface area contributed by atoms with Crippen LogP contribution in [-0.2, 0) is 35.6 Å². The van der Waals surface area contributed by atoms with E-state index in [9.17, 15) is 22.8 Å². The first-order valence-electron chi connectivity index (χ1n) is 14.1. The van der Waals surface area contributed by atoms with E-state index in [2.05, 4.69) is 16.1 Å². The van der Waals surface area contributed by atoms with Gasteiger partial charge in [-0.1, -0.05) is 62.4 Å². The lowest BCUT2D eigenvalue weighted by atomic mass is 10.0. The van der Waals surface area contributed by atoms with Crippen molar-refractivity contribution in [1.29, 1.82) is 0 Å². The number of benzene rings is 3. The SMILES string of the molecule is CC(C)[C@H](NC(=O)OCc1ccccc1)C(=O)N[C@@H](CC(=O)NOC(C)(C)C)S(=O)(=O)c1ccc(Oc2ccccc2)cc1. The van der Waals surface area contributed by atoms with Crippen molar-refractivity contribution in [2.45, 2.75) is 69.6 Å². The van der Waals surface area contributed by atoms with Crippen molar-refractivity contribution < 1.29 is 37.1 Å². The number of alkyl carbamates (subject to hydrolysis) is 1. The lowest BCUT2D eigenvalue weighted by Gasteiger charge is -2.26. The van der Waals surface area contributed by atoms with Crippen molar-refractivity contribution in [2.75, 3.05) is 0 Å². The Morgan fingerprint density at radius 3 is 1.93 bits per heavy atom. The average Bonchev–Trinajstić information content (AvgIpc) is 2.98. The van der Waals surface area contributed by atoms with E-state index in [4.69, 9.17) is 14.3 Å². The first kappa shape index (κ1) is 34.1. The van der Waals surface area contributed by atoms with E-state index in [1.807, 2.05) is 12.1 Å². The number of para-hydroxylation sites is 1. The highest BCUT2D eigenvalue weighted by atomic mass is 32.2. The van der Waals surface area contributed by atoms with Gasteiger partial charge in [0, 0.05) is 0 Å². The molecule has 0 saturated carbocycles. The Morgan fingerprint density at radius 1 is 0.795 bits per heavy atom. The molecule has 0 aromatic heterocycles. The fourth-order valence-electron chi connectivity index (χ4n) is 3.82. The molecule has 3 aromatic carbocycles. The third-order valence-corrected chi connectivity index (χ3v) is 8.05. The van der Waals surface area contributed by atoms with Crippen LogP contribution in [0.2, 0.25) is 0 Å². The third-order valence-electron chi connectivity index (χ3n) is 6.09. The average molecular weight is 626 g/mol. The number of amides is 3. The van der Waals surface area contributed by atoms with Crippen LogP contribution in [0.4, 0.5) is 4.79 Å². The molecule has 0 heterocycles. The fraction of sp³-hybridized carbons (Fsp3) is 0.344. The zero-order chi connectivity index (χ0) is 32.3. The van der Waals surface area contributed by atoms with Gasteiger partial charge in [-0.3, -0.25) is 14.4 Å². The van der Waals surface area contributed by atoms with Crippen LogP contribution in [0.1, 0.15) is 46.6 Å².